The molecule has 1 aliphatic rings. The number of carboxylic acid groups (broad SMARTS) is 1. The van der Waals surface area contributed by atoms with Crippen LogP contribution < -0.4 is 16.0 Å². The van der Waals surface area contributed by atoms with Crippen molar-refractivity contribution in [1.29, 1.82) is 0 Å². The lowest BCUT2D eigenvalue weighted by Gasteiger charge is -2.23. The summed E-state index contributed by atoms with van der Waals surface area (Å²) in [6.45, 7) is 3.69. The predicted octanol–water partition coefficient (Wildman–Crippen LogP) is 1.07. The minimum absolute atomic E-state index is 0.0454. The zero-order chi connectivity index (χ0) is 22.3. The molecule has 0 aliphatic carbocycles. The largest absolute Gasteiger partial charge is 0.480 e. The summed E-state index contributed by atoms with van der Waals surface area (Å²) in [5, 5.41) is 15.2. The topological polar surface area (TPSA) is 142 Å². The lowest BCUT2D eigenvalue weighted by Crippen LogP contribution is -2.53. The second kappa shape index (κ2) is 10.8. The van der Waals surface area contributed by atoms with Crippen LogP contribution in [0, 0.1) is 5.92 Å². The number of nitrogens with one attached hydrogen (secondary N) is 3. The number of benzene rings is 1. The molecular formula is C20H25N3O6S. The Hall–Kier alpha value is -2.88. The molecule has 4 amide bonds. The van der Waals surface area contributed by atoms with Crippen LogP contribution in [0.1, 0.15) is 32.3 Å². The Morgan fingerprint density at radius 3 is 2.30 bits per heavy atom. The van der Waals surface area contributed by atoms with Crippen LogP contribution >= 0.6 is 11.8 Å². The van der Waals surface area contributed by atoms with Gasteiger partial charge in [-0.3, -0.25) is 24.5 Å². The molecule has 162 valence electrons. The van der Waals surface area contributed by atoms with Crippen LogP contribution in [0.2, 0.25) is 0 Å². The maximum Gasteiger partial charge on any atom is 0.326 e. The third-order valence-corrected chi connectivity index (χ3v) is 5.38. The highest BCUT2D eigenvalue weighted by molar-refractivity contribution is 8.15. The van der Waals surface area contributed by atoms with Crippen LogP contribution in [-0.2, 0) is 25.6 Å². The van der Waals surface area contributed by atoms with E-state index in [4.69, 9.17) is 0 Å². The fourth-order valence-electron chi connectivity index (χ4n) is 2.97. The van der Waals surface area contributed by atoms with E-state index in [1.165, 1.54) is 0 Å². The standard InChI is InChI=1S/C20H25N3O6S/c1-11(2)8-14(19(27)28)22-17(25)13(9-12-6-4-3-5-7-12)21-16(24)10-15-18(26)23-20(29)30-15/h3-7,11,13-15H,8-10H2,1-2H3,(H,21,24)(H,22,25)(H,27,28)(H,23,26,29)/t13-,14-,15?/m0/s1. The van der Waals surface area contributed by atoms with E-state index in [0.29, 0.717) is 0 Å². The molecule has 0 spiro atoms. The number of carbonyl (C=O) groups is 5. The average Bonchev–Trinajstić information content (AvgIpc) is 2.97. The molecule has 1 aromatic rings. The molecule has 2 rings (SSSR count). The minimum atomic E-state index is -1.15. The summed E-state index contributed by atoms with van der Waals surface area (Å²) >= 11 is 0.724. The van der Waals surface area contributed by atoms with Gasteiger partial charge in [0.2, 0.25) is 17.7 Å². The molecule has 30 heavy (non-hydrogen) atoms. The van der Waals surface area contributed by atoms with Crippen molar-refractivity contribution < 1.29 is 29.1 Å². The molecule has 10 heteroatoms. The number of imide groups is 1. The molecule has 9 nitrogen and oxygen atoms in total. The number of hydrogen-bond donors (Lipinski definition) is 4. The van der Waals surface area contributed by atoms with Gasteiger partial charge in [0, 0.05) is 12.8 Å². The average molecular weight is 436 g/mol. The second-order valence-electron chi connectivity index (χ2n) is 7.43. The van der Waals surface area contributed by atoms with E-state index in [1.807, 2.05) is 19.9 Å². The third-order valence-electron chi connectivity index (χ3n) is 4.39. The van der Waals surface area contributed by atoms with E-state index >= 15 is 0 Å². The number of hydrogen-bond acceptors (Lipinski definition) is 6. The highest BCUT2D eigenvalue weighted by Gasteiger charge is 2.34. The van der Waals surface area contributed by atoms with Crippen LogP contribution in [0.5, 0.6) is 0 Å². The molecular weight excluding hydrogens is 410 g/mol. The van der Waals surface area contributed by atoms with Gasteiger partial charge in [-0.1, -0.05) is 55.9 Å². The summed E-state index contributed by atoms with van der Waals surface area (Å²) in [5.74, 6) is -2.86. The number of carbonyl (C=O) groups excluding carboxylic acids is 4. The fraction of sp³-hybridized carbons (Fsp3) is 0.450. The fourth-order valence-corrected chi connectivity index (χ4v) is 3.79. The van der Waals surface area contributed by atoms with E-state index in [2.05, 4.69) is 16.0 Å². The van der Waals surface area contributed by atoms with Gasteiger partial charge < -0.3 is 15.7 Å². The van der Waals surface area contributed by atoms with Gasteiger partial charge in [0.15, 0.2) is 0 Å². The summed E-state index contributed by atoms with van der Waals surface area (Å²) < 4.78 is 0. The first-order valence-corrected chi connectivity index (χ1v) is 10.4. The van der Waals surface area contributed by atoms with Crippen LogP contribution in [0.3, 0.4) is 0 Å². The Morgan fingerprint density at radius 1 is 1.10 bits per heavy atom. The van der Waals surface area contributed by atoms with Crippen LogP contribution in [0.15, 0.2) is 30.3 Å². The number of amides is 4. The Bertz CT molecular complexity index is 814. The van der Waals surface area contributed by atoms with E-state index in [-0.39, 0.29) is 25.2 Å². The molecule has 1 aromatic carbocycles. The predicted molar refractivity (Wildman–Crippen MR) is 111 cm³/mol. The Labute approximate surface area is 178 Å². The molecule has 1 heterocycles. The number of aliphatic carboxylic acids is 1. The Morgan fingerprint density at radius 2 is 1.77 bits per heavy atom. The summed E-state index contributed by atoms with van der Waals surface area (Å²) in [6, 6.07) is 6.85. The van der Waals surface area contributed by atoms with Crippen molar-refractivity contribution in [2.45, 2.75) is 50.4 Å². The third kappa shape index (κ3) is 7.18. The zero-order valence-electron chi connectivity index (χ0n) is 16.7. The van der Waals surface area contributed by atoms with E-state index in [1.54, 1.807) is 24.3 Å². The van der Waals surface area contributed by atoms with Crippen molar-refractivity contribution in [3.05, 3.63) is 35.9 Å². The maximum absolute atomic E-state index is 12.8. The van der Waals surface area contributed by atoms with Crippen molar-refractivity contribution in [3.63, 3.8) is 0 Å². The van der Waals surface area contributed by atoms with Crippen molar-refractivity contribution in [1.82, 2.24) is 16.0 Å². The van der Waals surface area contributed by atoms with Crippen LogP contribution in [0.4, 0.5) is 4.79 Å². The molecule has 1 saturated heterocycles. The van der Waals surface area contributed by atoms with E-state index < -0.39 is 46.3 Å². The zero-order valence-corrected chi connectivity index (χ0v) is 17.5. The van der Waals surface area contributed by atoms with Gasteiger partial charge in [-0.25, -0.2) is 4.79 Å². The second-order valence-corrected chi connectivity index (χ2v) is 8.60. The highest BCUT2D eigenvalue weighted by atomic mass is 32.2. The number of carboxylic acids is 1. The van der Waals surface area contributed by atoms with Gasteiger partial charge in [-0.05, 0) is 17.9 Å². The summed E-state index contributed by atoms with van der Waals surface area (Å²) in [5.41, 5.74) is 0.775. The van der Waals surface area contributed by atoms with Crippen LogP contribution in [-0.4, -0.2) is 51.4 Å². The summed E-state index contributed by atoms with van der Waals surface area (Å²) in [4.78, 5) is 59.7. The molecule has 0 radical (unpaired) electrons. The monoisotopic (exact) mass is 435 g/mol. The number of rotatable bonds is 10. The first-order valence-electron chi connectivity index (χ1n) is 9.53. The molecule has 0 bridgehead atoms. The molecule has 0 saturated carbocycles. The van der Waals surface area contributed by atoms with Crippen LogP contribution in [0.25, 0.3) is 0 Å². The Balaban J connectivity index is 2.10. The van der Waals surface area contributed by atoms with Crippen molar-refractivity contribution in [3.8, 4) is 0 Å². The minimum Gasteiger partial charge on any atom is -0.480 e. The molecule has 1 unspecified atom stereocenters. The van der Waals surface area contributed by atoms with Crippen molar-refractivity contribution >= 4 is 40.7 Å². The van der Waals surface area contributed by atoms with E-state index in [0.717, 1.165) is 17.3 Å². The first-order chi connectivity index (χ1) is 14.2. The SMILES string of the molecule is CC(C)C[C@H](NC(=O)[C@H](Cc1ccccc1)NC(=O)CC1SC(=O)NC1=O)C(=O)O. The summed E-state index contributed by atoms with van der Waals surface area (Å²) in [6.07, 6.45) is 0.124. The quantitative estimate of drug-likeness (QED) is 0.431. The first kappa shape index (κ1) is 23.4. The van der Waals surface area contributed by atoms with Gasteiger partial charge in [-0.15, -0.1) is 0 Å². The lowest BCUT2D eigenvalue weighted by molar-refractivity contribution is -0.142. The molecule has 1 aliphatic heterocycles. The van der Waals surface area contributed by atoms with Gasteiger partial charge in [0.25, 0.3) is 5.24 Å². The van der Waals surface area contributed by atoms with Crippen molar-refractivity contribution in [2.24, 2.45) is 5.92 Å². The lowest BCUT2D eigenvalue weighted by atomic mass is 10.0. The van der Waals surface area contributed by atoms with Gasteiger partial charge in [-0.2, -0.15) is 0 Å². The molecule has 4 N–H and O–H groups in total. The van der Waals surface area contributed by atoms with Gasteiger partial charge in [0.1, 0.15) is 17.3 Å². The van der Waals surface area contributed by atoms with Gasteiger partial charge in [0.05, 0.1) is 0 Å². The van der Waals surface area contributed by atoms with E-state index in [9.17, 15) is 29.1 Å². The highest BCUT2D eigenvalue weighted by Crippen LogP contribution is 2.21. The molecule has 0 aromatic heterocycles. The molecule has 3 atom stereocenters. The normalized spacial score (nSPS) is 17.9. The smallest absolute Gasteiger partial charge is 0.326 e. The number of thioether (sulfide) groups is 1. The summed E-state index contributed by atoms with van der Waals surface area (Å²) in [7, 11) is 0. The maximum atomic E-state index is 12.8. The Kier molecular flexibility index (Phi) is 8.40. The van der Waals surface area contributed by atoms with Crippen molar-refractivity contribution in [2.75, 3.05) is 0 Å². The molecule has 1 fully saturated rings. The van der Waals surface area contributed by atoms with Gasteiger partial charge >= 0.3 is 5.97 Å².